The molecule has 0 heterocycles. The molecule has 0 radical (unpaired) electrons. The van der Waals surface area contributed by atoms with E-state index in [4.69, 9.17) is 0 Å². The molecule has 0 fully saturated rings. The summed E-state index contributed by atoms with van der Waals surface area (Å²) in [7, 11) is 0. The third-order valence-corrected chi connectivity index (χ3v) is 3.09. The molecule has 104 valence electrons. The number of hydrogen-bond donors (Lipinski definition) is 2. The molecule has 0 aliphatic heterocycles. The Labute approximate surface area is 117 Å². The van der Waals surface area contributed by atoms with Crippen LogP contribution in [0.15, 0.2) is 42.5 Å². The minimum Gasteiger partial charge on any atom is -0.508 e. The van der Waals surface area contributed by atoms with Crippen LogP contribution in [0.2, 0.25) is 0 Å². The Bertz CT molecular complexity index is 637. The molecule has 4 heteroatoms. The highest BCUT2D eigenvalue weighted by atomic mass is 16.3. The molecule has 0 spiro atoms. The molecule has 0 aliphatic rings. The van der Waals surface area contributed by atoms with Crippen LogP contribution < -0.4 is 4.90 Å². The maximum absolute atomic E-state index is 12.5. The van der Waals surface area contributed by atoms with Crippen molar-refractivity contribution in [3.63, 3.8) is 0 Å². The van der Waals surface area contributed by atoms with Gasteiger partial charge in [-0.25, -0.2) is 0 Å². The van der Waals surface area contributed by atoms with E-state index in [1.54, 1.807) is 36.4 Å². The maximum Gasteiger partial charge on any atom is 0.262 e. The molecule has 20 heavy (non-hydrogen) atoms. The van der Waals surface area contributed by atoms with E-state index in [0.29, 0.717) is 12.2 Å². The van der Waals surface area contributed by atoms with Crippen molar-refractivity contribution in [1.29, 1.82) is 0 Å². The number of rotatable bonds is 3. The van der Waals surface area contributed by atoms with Gasteiger partial charge in [0.25, 0.3) is 5.91 Å². The highest BCUT2D eigenvalue weighted by molar-refractivity contribution is 6.07. The van der Waals surface area contributed by atoms with Crippen molar-refractivity contribution in [3.05, 3.63) is 53.6 Å². The average Bonchev–Trinajstić information content (AvgIpc) is 2.39. The van der Waals surface area contributed by atoms with Crippen molar-refractivity contribution < 1.29 is 15.0 Å². The summed E-state index contributed by atoms with van der Waals surface area (Å²) >= 11 is 0. The zero-order chi connectivity index (χ0) is 14.7. The van der Waals surface area contributed by atoms with Crippen LogP contribution in [0.3, 0.4) is 0 Å². The summed E-state index contributed by atoms with van der Waals surface area (Å²) in [6.07, 6.45) is 0. The van der Waals surface area contributed by atoms with Gasteiger partial charge >= 0.3 is 0 Å². The fraction of sp³-hybridized carbons (Fsp3) is 0.188. The second-order valence-electron chi connectivity index (χ2n) is 4.59. The predicted molar refractivity (Wildman–Crippen MR) is 78.3 cm³/mol. The fourth-order valence-electron chi connectivity index (χ4n) is 2.07. The van der Waals surface area contributed by atoms with Crippen molar-refractivity contribution in [1.82, 2.24) is 0 Å². The quantitative estimate of drug-likeness (QED) is 0.901. The van der Waals surface area contributed by atoms with Gasteiger partial charge in [0.1, 0.15) is 11.5 Å². The van der Waals surface area contributed by atoms with Crippen LogP contribution >= 0.6 is 0 Å². The number of phenols is 2. The number of hydrogen-bond acceptors (Lipinski definition) is 3. The van der Waals surface area contributed by atoms with Gasteiger partial charge in [0.05, 0.1) is 5.56 Å². The molecule has 0 aromatic heterocycles. The van der Waals surface area contributed by atoms with Crippen LogP contribution in [0.25, 0.3) is 0 Å². The van der Waals surface area contributed by atoms with Gasteiger partial charge < -0.3 is 15.1 Å². The summed E-state index contributed by atoms with van der Waals surface area (Å²) in [5, 5.41) is 19.4. The van der Waals surface area contributed by atoms with Crippen molar-refractivity contribution in [2.75, 3.05) is 11.4 Å². The Balaban J connectivity index is 2.39. The Morgan fingerprint density at radius 3 is 2.50 bits per heavy atom. The van der Waals surface area contributed by atoms with Gasteiger partial charge in [0, 0.05) is 18.3 Å². The number of phenolic OH excluding ortho intramolecular Hbond substituents is 2. The lowest BCUT2D eigenvalue weighted by atomic mass is 10.1. The van der Waals surface area contributed by atoms with Crippen LogP contribution in [0.4, 0.5) is 5.69 Å². The van der Waals surface area contributed by atoms with Gasteiger partial charge in [-0.05, 0) is 43.7 Å². The predicted octanol–water partition coefficient (Wildman–Crippen LogP) is 3.07. The van der Waals surface area contributed by atoms with E-state index < -0.39 is 0 Å². The van der Waals surface area contributed by atoms with Gasteiger partial charge in [-0.1, -0.05) is 12.1 Å². The Morgan fingerprint density at radius 2 is 1.90 bits per heavy atom. The van der Waals surface area contributed by atoms with Gasteiger partial charge in [0.2, 0.25) is 0 Å². The summed E-state index contributed by atoms with van der Waals surface area (Å²) in [5.41, 5.74) is 1.73. The largest absolute Gasteiger partial charge is 0.508 e. The van der Waals surface area contributed by atoms with Gasteiger partial charge in [-0.15, -0.1) is 0 Å². The molecule has 4 nitrogen and oxygen atoms in total. The second kappa shape index (κ2) is 5.65. The molecule has 2 N–H and O–H groups in total. The van der Waals surface area contributed by atoms with Crippen molar-refractivity contribution in [3.8, 4) is 11.5 Å². The summed E-state index contributed by atoms with van der Waals surface area (Å²) in [6, 6.07) is 11.4. The van der Waals surface area contributed by atoms with Crippen LogP contribution in [0.1, 0.15) is 22.8 Å². The average molecular weight is 271 g/mol. The monoisotopic (exact) mass is 271 g/mol. The van der Waals surface area contributed by atoms with Crippen LogP contribution in [-0.2, 0) is 0 Å². The number of aryl methyl sites for hydroxylation is 1. The third-order valence-electron chi connectivity index (χ3n) is 3.09. The van der Waals surface area contributed by atoms with Gasteiger partial charge in [-0.2, -0.15) is 0 Å². The minimum atomic E-state index is -0.296. The van der Waals surface area contributed by atoms with Crippen molar-refractivity contribution in [2.24, 2.45) is 0 Å². The SMILES string of the molecule is CCN(C(=O)c1ccc(C)cc1O)c1cccc(O)c1. The minimum absolute atomic E-state index is 0.0337. The Hall–Kier alpha value is -2.49. The molecule has 2 rings (SSSR count). The molecular weight excluding hydrogens is 254 g/mol. The lowest BCUT2D eigenvalue weighted by Gasteiger charge is -2.21. The molecule has 0 aliphatic carbocycles. The highest BCUT2D eigenvalue weighted by Crippen LogP contribution is 2.25. The summed E-state index contributed by atoms with van der Waals surface area (Å²) in [4.78, 5) is 14.0. The number of amides is 1. The standard InChI is InChI=1S/C16H17NO3/c1-3-17(12-5-4-6-13(18)10-12)16(20)14-8-7-11(2)9-15(14)19/h4-10,18-19H,3H2,1-2H3. The number of benzene rings is 2. The number of anilines is 1. The third kappa shape index (κ3) is 2.74. The Kier molecular flexibility index (Phi) is 3.94. The summed E-state index contributed by atoms with van der Waals surface area (Å²) < 4.78 is 0. The molecule has 1 amide bonds. The first-order valence-electron chi connectivity index (χ1n) is 6.43. The lowest BCUT2D eigenvalue weighted by molar-refractivity contribution is 0.0986. The topological polar surface area (TPSA) is 60.8 Å². The smallest absolute Gasteiger partial charge is 0.262 e. The zero-order valence-electron chi connectivity index (χ0n) is 11.5. The number of nitrogens with zero attached hydrogens (tertiary/aromatic N) is 1. The van der Waals surface area contributed by atoms with Crippen molar-refractivity contribution >= 4 is 11.6 Å². The second-order valence-corrected chi connectivity index (χ2v) is 4.59. The van der Waals surface area contributed by atoms with E-state index in [2.05, 4.69) is 0 Å². The van der Waals surface area contributed by atoms with Crippen LogP contribution in [-0.4, -0.2) is 22.7 Å². The Morgan fingerprint density at radius 1 is 1.15 bits per heavy atom. The normalized spacial score (nSPS) is 10.3. The molecule has 0 saturated heterocycles. The molecule has 2 aromatic rings. The lowest BCUT2D eigenvalue weighted by Crippen LogP contribution is -2.30. The summed E-state index contributed by atoms with van der Waals surface area (Å²) in [5.74, 6) is -0.230. The van der Waals surface area contributed by atoms with Crippen LogP contribution in [0, 0.1) is 6.92 Å². The van der Waals surface area contributed by atoms with Gasteiger partial charge in [0.15, 0.2) is 0 Å². The van der Waals surface area contributed by atoms with Crippen LogP contribution in [0.5, 0.6) is 11.5 Å². The molecular formula is C16H17NO3. The van der Waals surface area contributed by atoms with E-state index >= 15 is 0 Å². The van der Waals surface area contributed by atoms with E-state index in [1.807, 2.05) is 13.8 Å². The first kappa shape index (κ1) is 13.9. The zero-order valence-corrected chi connectivity index (χ0v) is 11.5. The fourth-order valence-corrected chi connectivity index (χ4v) is 2.07. The highest BCUT2D eigenvalue weighted by Gasteiger charge is 2.19. The van der Waals surface area contributed by atoms with E-state index in [-0.39, 0.29) is 23.0 Å². The van der Waals surface area contributed by atoms with Gasteiger partial charge in [-0.3, -0.25) is 4.79 Å². The molecule has 0 saturated carbocycles. The summed E-state index contributed by atoms with van der Waals surface area (Å²) in [6.45, 7) is 4.13. The first-order chi connectivity index (χ1) is 9.52. The molecule has 0 bridgehead atoms. The van der Waals surface area contributed by atoms with Crippen molar-refractivity contribution in [2.45, 2.75) is 13.8 Å². The number of carbonyl (C=O) groups excluding carboxylic acids is 1. The molecule has 0 atom stereocenters. The maximum atomic E-state index is 12.5. The first-order valence-corrected chi connectivity index (χ1v) is 6.43. The molecule has 2 aromatic carbocycles. The van der Waals surface area contributed by atoms with E-state index in [9.17, 15) is 15.0 Å². The molecule has 0 unspecified atom stereocenters. The van der Waals surface area contributed by atoms with E-state index in [0.717, 1.165) is 5.56 Å². The number of carbonyl (C=O) groups is 1. The van der Waals surface area contributed by atoms with E-state index in [1.165, 1.54) is 11.0 Å². The number of aromatic hydroxyl groups is 2.